The third-order valence-corrected chi connectivity index (χ3v) is 5.44. The zero-order chi connectivity index (χ0) is 22.0. The van der Waals surface area contributed by atoms with E-state index in [1.54, 1.807) is 32.0 Å². The van der Waals surface area contributed by atoms with Gasteiger partial charge in [0.05, 0.1) is 21.2 Å². The van der Waals surface area contributed by atoms with Crippen molar-refractivity contribution >= 4 is 57.4 Å². The van der Waals surface area contributed by atoms with E-state index < -0.39 is 17.6 Å². The quantitative estimate of drug-likeness (QED) is 0.495. The van der Waals surface area contributed by atoms with Gasteiger partial charge in [0, 0.05) is 29.1 Å². The zero-order valence-corrected chi connectivity index (χ0v) is 18.4. The average molecular weight is 471 g/mol. The van der Waals surface area contributed by atoms with Crippen LogP contribution >= 0.6 is 34.8 Å². The summed E-state index contributed by atoms with van der Waals surface area (Å²) in [5, 5.41) is 13.8. The van der Waals surface area contributed by atoms with Crippen LogP contribution in [-0.2, 0) is 11.2 Å². The van der Waals surface area contributed by atoms with Gasteiger partial charge in [-0.3, -0.25) is 4.79 Å². The molecule has 0 radical (unpaired) electrons. The predicted octanol–water partition coefficient (Wildman–Crippen LogP) is 5.00. The number of carbonyl (C=O) groups is 1. The third kappa shape index (κ3) is 5.08. The first-order valence-electron chi connectivity index (χ1n) is 8.97. The van der Waals surface area contributed by atoms with Gasteiger partial charge >= 0.3 is 5.63 Å². The molecule has 9 heteroatoms. The van der Waals surface area contributed by atoms with Crippen LogP contribution in [0.2, 0.25) is 15.1 Å². The highest BCUT2D eigenvalue weighted by Gasteiger charge is 2.16. The lowest BCUT2D eigenvalue weighted by molar-refractivity contribution is -0.118. The molecule has 0 aliphatic carbocycles. The van der Waals surface area contributed by atoms with Gasteiger partial charge in [-0.1, -0.05) is 34.8 Å². The molecule has 0 saturated carbocycles. The second kappa shape index (κ2) is 9.27. The number of rotatable bonds is 6. The van der Waals surface area contributed by atoms with Crippen molar-refractivity contribution < 1.29 is 19.1 Å². The Kier molecular flexibility index (Phi) is 6.93. The lowest BCUT2D eigenvalue weighted by Gasteiger charge is -2.12. The van der Waals surface area contributed by atoms with Gasteiger partial charge in [0.15, 0.2) is 6.61 Å². The summed E-state index contributed by atoms with van der Waals surface area (Å²) in [4.78, 5) is 24.4. The standard InChI is InChI=1S/C21H18Cl3NO5/c1-10(26)5-14-11(2)13-7-17(24)19(8-18(13)30-21(14)28)29-9-20(27)25-12-3-4-15(22)16(23)6-12/h3-4,6-8,10,26H,5,9H2,1-2H3,(H,25,27). The first-order valence-corrected chi connectivity index (χ1v) is 10.1. The van der Waals surface area contributed by atoms with E-state index in [0.717, 1.165) is 0 Å². The lowest BCUT2D eigenvalue weighted by atomic mass is 10.0. The molecule has 0 aliphatic heterocycles. The Morgan fingerprint density at radius 2 is 1.90 bits per heavy atom. The Labute approximate surface area is 187 Å². The van der Waals surface area contributed by atoms with Crippen molar-refractivity contribution in [2.24, 2.45) is 0 Å². The number of amides is 1. The molecule has 158 valence electrons. The monoisotopic (exact) mass is 469 g/mol. The van der Waals surface area contributed by atoms with Gasteiger partial charge in [0.1, 0.15) is 11.3 Å². The number of ether oxygens (including phenoxy) is 1. The fourth-order valence-electron chi connectivity index (χ4n) is 2.95. The van der Waals surface area contributed by atoms with E-state index in [9.17, 15) is 14.7 Å². The van der Waals surface area contributed by atoms with E-state index in [1.807, 2.05) is 0 Å². The van der Waals surface area contributed by atoms with Crippen molar-refractivity contribution in [2.75, 3.05) is 11.9 Å². The van der Waals surface area contributed by atoms with E-state index in [-0.39, 0.29) is 29.4 Å². The van der Waals surface area contributed by atoms with E-state index in [4.69, 9.17) is 44.0 Å². The maximum Gasteiger partial charge on any atom is 0.339 e. The van der Waals surface area contributed by atoms with Crippen molar-refractivity contribution in [1.29, 1.82) is 0 Å². The Morgan fingerprint density at radius 3 is 2.57 bits per heavy atom. The molecule has 0 fully saturated rings. The second-order valence-electron chi connectivity index (χ2n) is 6.79. The second-order valence-corrected chi connectivity index (χ2v) is 8.01. The number of carbonyl (C=O) groups excluding carboxylic acids is 1. The van der Waals surface area contributed by atoms with Crippen molar-refractivity contribution in [3.63, 3.8) is 0 Å². The van der Waals surface area contributed by atoms with Crippen LogP contribution in [0.25, 0.3) is 11.0 Å². The van der Waals surface area contributed by atoms with Crippen LogP contribution in [0.5, 0.6) is 5.75 Å². The molecule has 0 spiro atoms. The lowest BCUT2D eigenvalue weighted by Crippen LogP contribution is -2.20. The van der Waals surface area contributed by atoms with Crippen LogP contribution in [0.4, 0.5) is 5.69 Å². The Hall–Kier alpha value is -2.25. The number of fused-ring (bicyclic) bond motifs is 1. The van der Waals surface area contributed by atoms with Crippen molar-refractivity contribution in [1.82, 2.24) is 0 Å². The Balaban J connectivity index is 1.79. The van der Waals surface area contributed by atoms with Gasteiger partial charge in [-0.15, -0.1) is 0 Å². The molecule has 6 nitrogen and oxygen atoms in total. The molecule has 3 aromatic rings. The summed E-state index contributed by atoms with van der Waals surface area (Å²) in [6, 6.07) is 7.76. The zero-order valence-electron chi connectivity index (χ0n) is 16.1. The molecule has 1 amide bonds. The highest BCUT2D eigenvalue weighted by Crippen LogP contribution is 2.32. The van der Waals surface area contributed by atoms with E-state index in [1.165, 1.54) is 12.1 Å². The minimum Gasteiger partial charge on any atom is -0.482 e. The molecule has 1 heterocycles. The molecule has 1 atom stereocenters. The van der Waals surface area contributed by atoms with Gasteiger partial charge in [0.2, 0.25) is 0 Å². The maximum absolute atomic E-state index is 12.3. The SMILES string of the molecule is Cc1c(CC(C)O)c(=O)oc2cc(OCC(=O)Nc3ccc(Cl)c(Cl)c3)c(Cl)cc12. The number of hydrogen-bond acceptors (Lipinski definition) is 5. The van der Waals surface area contributed by atoms with Crippen LogP contribution in [0.15, 0.2) is 39.5 Å². The fraction of sp³-hybridized carbons (Fsp3) is 0.238. The summed E-state index contributed by atoms with van der Waals surface area (Å²) in [5.41, 5.74) is 1.27. The smallest absolute Gasteiger partial charge is 0.339 e. The molecule has 0 aliphatic rings. The van der Waals surface area contributed by atoms with E-state index in [2.05, 4.69) is 5.32 Å². The number of anilines is 1. The summed E-state index contributed by atoms with van der Waals surface area (Å²) in [6.45, 7) is 3.03. The predicted molar refractivity (Wildman–Crippen MR) is 118 cm³/mol. The summed E-state index contributed by atoms with van der Waals surface area (Å²) in [6.07, 6.45) is -0.509. The minimum atomic E-state index is -0.684. The van der Waals surface area contributed by atoms with Crippen LogP contribution in [0, 0.1) is 6.92 Å². The average Bonchev–Trinajstić information content (AvgIpc) is 2.67. The third-order valence-electron chi connectivity index (χ3n) is 4.40. The number of aliphatic hydroxyl groups excluding tert-OH is 1. The van der Waals surface area contributed by atoms with Crippen LogP contribution in [0.3, 0.4) is 0 Å². The molecule has 2 aromatic carbocycles. The van der Waals surface area contributed by atoms with Crippen molar-refractivity contribution in [3.8, 4) is 5.75 Å². The first kappa shape index (κ1) is 22.4. The van der Waals surface area contributed by atoms with Gasteiger partial charge in [0.25, 0.3) is 5.91 Å². The highest BCUT2D eigenvalue weighted by molar-refractivity contribution is 6.42. The maximum atomic E-state index is 12.3. The van der Waals surface area contributed by atoms with E-state index in [0.29, 0.717) is 32.2 Å². The molecular formula is C21H18Cl3NO5. The number of aryl methyl sites for hydroxylation is 1. The molecule has 1 unspecified atom stereocenters. The normalized spacial score (nSPS) is 12.1. The largest absolute Gasteiger partial charge is 0.482 e. The number of benzene rings is 2. The highest BCUT2D eigenvalue weighted by atomic mass is 35.5. The van der Waals surface area contributed by atoms with Crippen LogP contribution < -0.4 is 15.7 Å². The molecule has 3 rings (SSSR count). The molecule has 0 bridgehead atoms. The molecule has 2 N–H and O–H groups in total. The van der Waals surface area contributed by atoms with Gasteiger partial charge < -0.3 is 19.6 Å². The van der Waals surface area contributed by atoms with Gasteiger partial charge in [-0.25, -0.2) is 4.79 Å². The van der Waals surface area contributed by atoms with Gasteiger partial charge in [-0.05, 0) is 43.7 Å². The fourth-order valence-corrected chi connectivity index (χ4v) is 3.46. The van der Waals surface area contributed by atoms with Crippen LogP contribution in [0.1, 0.15) is 18.1 Å². The number of hydrogen-bond donors (Lipinski definition) is 2. The molecule has 0 saturated heterocycles. The Bertz CT molecular complexity index is 1170. The summed E-state index contributed by atoms with van der Waals surface area (Å²) in [7, 11) is 0. The number of nitrogens with one attached hydrogen (secondary N) is 1. The summed E-state index contributed by atoms with van der Waals surface area (Å²) >= 11 is 18.1. The summed E-state index contributed by atoms with van der Waals surface area (Å²) in [5.74, 6) is -0.242. The summed E-state index contributed by atoms with van der Waals surface area (Å²) < 4.78 is 10.9. The molecule has 30 heavy (non-hydrogen) atoms. The van der Waals surface area contributed by atoms with Crippen molar-refractivity contribution in [2.45, 2.75) is 26.4 Å². The first-order chi connectivity index (χ1) is 14.2. The minimum absolute atomic E-state index is 0.175. The topological polar surface area (TPSA) is 88.8 Å². The van der Waals surface area contributed by atoms with Gasteiger partial charge in [-0.2, -0.15) is 0 Å². The van der Waals surface area contributed by atoms with Crippen LogP contribution in [-0.4, -0.2) is 23.7 Å². The van der Waals surface area contributed by atoms with E-state index >= 15 is 0 Å². The molecular weight excluding hydrogens is 453 g/mol. The number of aliphatic hydroxyl groups is 1. The van der Waals surface area contributed by atoms with Crippen molar-refractivity contribution in [3.05, 3.63) is 66.9 Å². The Morgan fingerprint density at radius 1 is 1.17 bits per heavy atom. The number of halogens is 3. The molecule has 1 aromatic heterocycles.